The van der Waals surface area contributed by atoms with E-state index < -0.39 is 11.6 Å². The van der Waals surface area contributed by atoms with Crippen LogP contribution in [0.4, 0.5) is 14.6 Å². The lowest BCUT2D eigenvalue weighted by Crippen LogP contribution is -2.08. The van der Waals surface area contributed by atoms with Gasteiger partial charge in [-0.15, -0.1) is 0 Å². The first-order valence-corrected chi connectivity index (χ1v) is 5.38. The van der Waals surface area contributed by atoms with Crippen molar-refractivity contribution in [3.63, 3.8) is 0 Å². The summed E-state index contributed by atoms with van der Waals surface area (Å²) in [5.74, 6) is -1.83. The Morgan fingerprint density at radius 1 is 1.17 bits per heavy atom. The molecule has 0 aliphatic heterocycles. The third-order valence-electron chi connectivity index (χ3n) is 2.34. The summed E-state index contributed by atoms with van der Waals surface area (Å²) in [6, 6.07) is 3.30. The van der Waals surface area contributed by atoms with Crippen molar-refractivity contribution < 1.29 is 8.78 Å². The third-order valence-corrected chi connectivity index (χ3v) is 2.61. The summed E-state index contributed by atoms with van der Waals surface area (Å²) in [6.07, 6.45) is 0. The van der Waals surface area contributed by atoms with Crippen molar-refractivity contribution in [2.75, 3.05) is 5.73 Å². The lowest BCUT2D eigenvalue weighted by Gasteiger charge is -2.07. The topological polar surface area (TPSA) is 77.8 Å². The van der Waals surface area contributed by atoms with Crippen LogP contribution >= 0.6 is 11.6 Å². The van der Waals surface area contributed by atoms with Gasteiger partial charge in [0.05, 0.1) is 5.69 Å². The molecule has 0 bridgehead atoms. The van der Waals surface area contributed by atoms with E-state index in [9.17, 15) is 8.78 Å². The molecule has 0 unspecified atom stereocenters. The van der Waals surface area contributed by atoms with Gasteiger partial charge in [0.2, 0.25) is 0 Å². The molecule has 0 saturated heterocycles. The van der Waals surface area contributed by atoms with E-state index in [0.717, 1.165) is 12.1 Å². The minimum Gasteiger partial charge on any atom is -0.382 e. The van der Waals surface area contributed by atoms with Gasteiger partial charge in [0.15, 0.2) is 16.8 Å². The number of nitrogens with two attached hydrogens (primary N) is 2. The molecule has 2 aromatic rings. The van der Waals surface area contributed by atoms with Crippen LogP contribution in [0.2, 0.25) is 5.15 Å². The number of benzene rings is 1. The zero-order valence-corrected chi connectivity index (χ0v) is 9.88. The van der Waals surface area contributed by atoms with Gasteiger partial charge in [-0.05, 0) is 18.2 Å². The molecule has 1 aromatic heterocycles. The first-order chi connectivity index (χ1) is 8.52. The fourth-order valence-corrected chi connectivity index (χ4v) is 1.69. The van der Waals surface area contributed by atoms with Gasteiger partial charge < -0.3 is 11.5 Å². The SMILES string of the molecule is NCc1nc(Cl)c(-c2ccc(F)c(F)c2)nc1N. The lowest BCUT2D eigenvalue weighted by atomic mass is 10.1. The first kappa shape index (κ1) is 12.7. The Morgan fingerprint density at radius 2 is 1.89 bits per heavy atom. The standard InChI is InChI=1S/C11H9ClF2N4/c12-10-9(18-11(16)8(4-15)17-10)5-1-2-6(13)7(14)3-5/h1-3H,4,15H2,(H2,16,18). The van der Waals surface area contributed by atoms with Crippen LogP contribution in [0.25, 0.3) is 11.3 Å². The van der Waals surface area contributed by atoms with Crippen LogP contribution in [0, 0.1) is 11.6 Å². The molecule has 1 aromatic carbocycles. The first-order valence-electron chi connectivity index (χ1n) is 5.00. The highest BCUT2D eigenvalue weighted by Crippen LogP contribution is 2.27. The van der Waals surface area contributed by atoms with Crippen LogP contribution < -0.4 is 11.5 Å². The summed E-state index contributed by atoms with van der Waals surface area (Å²) in [7, 11) is 0. The predicted molar refractivity (Wildman–Crippen MR) is 64.7 cm³/mol. The molecule has 4 nitrogen and oxygen atoms in total. The van der Waals surface area contributed by atoms with E-state index >= 15 is 0 Å². The summed E-state index contributed by atoms with van der Waals surface area (Å²) < 4.78 is 26.0. The van der Waals surface area contributed by atoms with Gasteiger partial charge in [-0.2, -0.15) is 0 Å². The number of rotatable bonds is 2. The smallest absolute Gasteiger partial charge is 0.159 e. The van der Waals surface area contributed by atoms with Gasteiger partial charge in [-0.25, -0.2) is 18.7 Å². The van der Waals surface area contributed by atoms with Gasteiger partial charge in [0.25, 0.3) is 0 Å². The number of nitrogen functional groups attached to an aromatic ring is 1. The van der Waals surface area contributed by atoms with Gasteiger partial charge in [0, 0.05) is 12.1 Å². The molecule has 0 saturated carbocycles. The Balaban J connectivity index is 2.57. The highest BCUT2D eigenvalue weighted by Gasteiger charge is 2.13. The molecule has 0 atom stereocenters. The second-order valence-electron chi connectivity index (χ2n) is 3.53. The fraction of sp³-hybridized carbons (Fsp3) is 0.0909. The third kappa shape index (κ3) is 2.25. The van der Waals surface area contributed by atoms with Crippen molar-refractivity contribution in [3.05, 3.63) is 40.7 Å². The Labute approximate surface area is 107 Å². The second kappa shape index (κ2) is 4.83. The van der Waals surface area contributed by atoms with Gasteiger partial charge in [0.1, 0.15) is 11.5 Å². The van der Waals surface area contributed by atoms with E-state index in [4.69, 9.17) is 23.1 Å². The number of hydrogen-bond acceptors (Lipinski definition) is 4. The molecule has 0 aliphatic carbocycles. The Bertz CT molecular complexity index is 604. The van der Waals surface area contributed by atoms with E-state index in [1.165, 1.54) is 6.07 Å². The molecule has 0 aliphatic rings. The molecular formula is C11H9ClF2N4. The Morgan fingerprint density at radius 3 is 2.50 bits per heavy atom. The number of aromatic nitrogens is 2. The summed E-state index contributed by atoms with van der Waals surface area (Å²) in [4.78, 5) is 7.96. The van der Waals surface area contributed by atoms with Crippen molar-refractivity contribution >= 4 is 17.4 Å². The molecule has 4 N–H and O–H groups in total. The molecule has 0 fully saturated rings. The maximum atomic E-state index is 13.1. The van der Waals surface area contributed by atoms with Crippen LogP contribution in [0.1, 0.15) is 5.69 Å². The van der Waals surface area contributed by atoms with E-state index in [0.29, 0.717) is 11.3 Å². The number of hydrogen-bond donors (Lipinski definition) is 2. The lowest BCUT2D eigenvalue weighted by molar-refractivity contribution is 0.509. The highest BCUT2D eigenvalue weighted by molar-refractivity contribution is 6.31. The number of halogens is 3. The minimum absolute atomic E-state index is 0.0376. The number of nitrogens with zero attached hydrogens (tertiary/aromatic N) is 2. The summed E-state index contributed by atoms with van der Waals surface area (Å²) >= 11 is 5.91. The van der Waals surface area contributed by atoms with Crippen molar-refractivity contribution in [1.29, 1.82) is 0 Å². The zero-order chi connectivity index (χ0) is 13.3. The average molecular weight is 271 g/mol. The van der Waals surface area contributed by atoms with Crippen LogP contribution in [0.3, 0.4) is 0 Å². The summed E-state index contributed by atoms with van der Waals surface area (Å²) in [5, 5.41) is 0.0376. The fourth-order valence-electron chi connectivity index (χ4n) is 1.44. The molecule has 94 valence electrons. The van der Waals surface area contributed by atoms with Crippen LogP contribution in [-0.4, -0.2) is 9.97 Å². The molecule has 0 spiro atoms. The molecule has 2 rings (SSSR count). The average Bonchev–Trinajstić information content (AvgIpc) is 2.35. The summed E-state index contributed by atoms with van der Waals surface area (Å²) in [6.45, 7) is 0.0939. The molecule has 18 heavy (non-hydrogen) atoms. The maximum absolute atomic E-state index is 13.1. The van der Waals surface area contributed by atoms with Crippen LogP contribution in [0.5, 0.6) is 0 Å². The highest BCUT2D eigenvalue weighted by atomic mass is 35.5. The van der Waals surface area contributed by atoms with E-state index in [1.54, 1.807) is 0 Å². The van der Waals surface area contributed by atoms with Gasteiger partial charge in [-0.3, -0.25) is 0 Å². The van der Waals surface area contributed by atoms with Crippen LogP contribution in [0.15, 0.2) is 18.2 Å². The van der Waals surface area contributed by atoms with Crippen molar-refractivity contribution in [2.24, 2.45) is 5.73 Å². The summed E-state index contributed by atoms with van der Waals surface area (Å²) in [5.41, 5.74) is 11.9. The van der Waals surface area contributed by atoms with Crippen molar-refractivity contribution in [1.82, 2.24) is 9.97 Å². The Kier molecular flexibility index (Phi) is 3.40. The monoisotopic (exact) mass is 270 g/mol. The van der Waals surface area contributed by atoms with E-state index in [2.05, 4.69) is 9.97 Å². The normalized spacial score (nSPS) is 10.7. The minimum atomic E-state index is -0.994. The molecule has 0 radical (unpaired) electrons. The Hall–Kier alpha value is -1.79. The predicted octanol–water partition coefficient (Wildman–Crippen LogP) is 2.12. The molecule has 0 amide bonds. The van der Waals surface area contributed by atoms with E-state index in [-0.39, 0.29) is 23.2 Å². The molecule has 1 heterocycles. The van der Waals surface area contributed by atoms with E-state index in [1.807, 2.05) is 0 Å². The molecular weight excluding hydrogens is 262 g/mol. The maximum Gasteiger partial charge on any atom is 0.159 e. The van der Waals surface area contributed by atoms with Crippen LogP contribution in [-0.2, 0) is 6.54 Å². The quantitative estimate of drug-likeness (QED) is 0.876. The molecule has 7 heteroatoms. The van der Waals surface area contributed by atoms with Crippen molar-refractivity contribution in [2.45, 2.75) is 6.54 Å². The zero-order valence-electron chi connectivity index (χ0n) is 9.12. The van der Waals surface area contributed by atoms with Crippen molar-refractivity contribution in [3.8, 4) is 11.3 Å². The second-order valence-corrected chi connectivity index (χ2v) is 3.89. The largest absolute Gasteiger partial charge is 0.382 e. The van der Waals surface area contributed by atoms with Gasteiger partial charge in [-0.1, -0.05) is 11.6 Å². The number of anilines is 1. The van der Waals surface area contributed by atoms with Gasteiger partial charge >= 0.3 is 0 Å².